The molecule has 1 atom stereocenters. The number of carbonyl (C=O) groups is 1. The SMILES string of the molecule is CC(COC(=O)C(C)(C)C)S(C)(=O)=O. The largest absolute Gasteiger partial charge is 0.464 e. The number of ether oxygens (including phenoxy) is 1. The van der Waals surface area contributed by atoms with E-state index in [1.165, 1.54) is 6.92 Å². The van der Waals surface area contributed by atoms with Crippen LogP contribution in [0.4, 0.5) is 0 Å². The lowest BCUT2D eigenvalue weighted by Crippen LogP contribution is -2.29. The first kappa shape index (κ1) is 13.4. The van der Waals surface area contributed by atoms with Crippen LogP contribution in [0.5, 0.6) is 0 Å². The maximum Gasteiger partial charge on any atom is 0.311 e. The molecule has 0 fully saturated rings. The minimum Gasteiger partial charge on any atom is -0.464 e. The average Bonchev–Trinajstić information content (AvgIpc) is 1.95. The normalized spacial score (nSPS) is 14.9. The standard InChI is InChI=1S/C9H18O4S/c1-7(14(5,11)12)6-13-8(10)9(2,3)4/h7H,6H2,1-5H3. The predicted molar refractivity (Wildman–Crippen MR) is 54.7 cm³/mol. The van der Waals surface area contributed by atoms with Crippen molar-refractivity contribution in [3.63, 3.8) is 0 Å². The number of hydrogen-bond donors (Lipinski definition) is 0. The van der Waals surface area contributed by atoms with Gasteiger partial charge < -0.3 is 4.74 Å². The zero-order valence-corrected chi connectivity index (χ0v) is 10.1. The van der Waals surface area contributed by atoms with E-state index in [4.69, 9.17) is 4.74 Å². The van der Waals surface area contributed by atoms with Crippen LogP contribution in [0.1, 0.15) is 27.7 Å². The summed E-state index contributed by atoms with van der Waals surface area (Å²) >= 11 is 0. The molecule has 84 valence electrons. The molecule has 5 heteroatoms. The van der Waals surface area contributed by atoms with Crippen LogP contribution >= 0.6 is 0 Å². The van der Waals surface area contributed by atoms with Crippen LogP contribution in [0, 0.1) is 5.41 Å². The van der Waals surface area contributed by atoms with Crippen molar-refractivity contribution in [2.24, 2.45) is 5.41 Å². The Balaban J connectivity index is 4.16. The molecule has 0 amide bonds. The van der Waals surface area contributed by atoms with Gasteiger partial charge in [-0.3, -0.25) is 4.79 Å². The quantitative estimate of drug-likeness (QED) is 0.669. The number of carbonyl (C=O) groups excluding carboxylic acids is 1. The van der Waals surface area contributed by atoms with Gasteiger partial charge >= 0.3 is 5.97 Å². The van der Waals surface area contributed by atoms with Crippen LogP contribution in [-0.2, 0) is 19.4 Å². The summed E-state index contributed by atoms with van der Waals surface area (Å²) in [6.45, 7) is 6.61. The molecule has 4 nitrogen and oxygen atoms in total. The third-order valence-corrected chi connectivity index (χ3v) is 3.39. The van der Waals surface area contributed by atoms with E-state index in [0.29, 0.717) is 0 Å². The third kappa shape index (κ3) is 4.60. The van der Waals surface area contributed by atoms with Gasteiger partial charge in [-0.1, -0.05) is 0 Å². The number of hydrogen-bond acceptors (Lipinski definition) is 4. The van der Waals surface area contributed by atoms with Crippen LogP contribution < -0.4 is 0 Å². The van der Waals surface area contributed by atoms with Crippen molar-refractivity contribution in [2.45, 2.75) is 32.9 Å². The zero-order valence-electron chi connectivity index (χ0n) is 9.33. The molecule has 0 aromatic carbocycles. The van der Waals surface area contributed by atoms with Crippen molar-refractivity contribution < 1.29 is 17.9 Å². The predicted octanol–water partition coefficient (Wildman–Crippen LogP) is 1.01. The lowest BCUT2D eigenvalue weighted by Gasteiger charge is -2.18. The molecule has 0 aliphatic rings. The van der Waals surface area contributed by atoms with Gasteiger partial charge in [-0.15, -0.1) is 0 Å². The summed E-state index contributed by atoms with van der Waals surface area (Å²) in [4.78, 5) is 11.3. The molecule has 0 aromatic rings. The highest BCUT2D eigenvalue weighted by Gasteiger charge is 2.25. The Morgan fingerprint density at radius 1 is 1.36 bits per heavy atom. The molecule has 0 radical (unpaired) electrons. The molecule has 0 rings (SSSR count). The van der Waals surface area contributed by atoms with E-state index in [0.717, 1.165) is 6.26 Å². The molecular formula is C9H18O4S. The summed E-state index contributed by atoms with van der Waals surface area (Å²) in [7, 11) is -3.12. The van der Waals surface area contributed by atoms with E-state index in [-0.39, 0.29) is 12.6 Å². The monoisotopic (exact) mass is 222 g/mol. The average molecular weight is 222 g/mol. The highest BCUT2D eigenvalue weighted by Crippen LogP contribution is 2.15. The second-order valence-electron chi connectivity index (χ2n) is 4.49. The van der Waals surface area contributed by atoms with Gasteiger partial charge in [0.25, 0.3) is 0 Å². The fraction of sp³-hybridized carbons (Fsp3) is 0.889. The van der Waals surface area contributed by atoms with E-state index in [2.05, 4.69) is 0 Å². The highest BCUT2D eigenvalue weighted by atomic mass is 32.2. The molecule has 0 N–H and O–H groups in total. The smallest absolute Gasteiger partial charge is 0.311 e. The molecule has 14 heavy (non-hydrogen) atoms. The Kier molecular flexibility index (Phi) is 4.12. The van der Waals surface area contributed by atoms with Crippen molar-refractivity contribution >= 4 is 15.8 Å². The first-order valence-corrected chi connectivity index (χ1v) is 6.36. The summed E-state index contributed by atoms with van der Waals surface area (Å²) in [5, 5.41) is -0.645. The van der Waals surface area contributed by atoms with Crippen LogP contribution in [-0.4, -0.2) is 32.5 Å². The van der Waals surface area contributed by atoms with Gasteiger partial charge in [0.1, 0.15) is 6.61 Å². The molecule has 1 unspecified atom stereocenters. The Labute approximate surface area is 85.6 Å². The van der Waals surface area contributed by atoms with Gasteiger partial charge in [0, 0.05) is 6.26 Å². The van der Waals surface area contributed by atoms with Gasteiger partial charge in [-0.25, -0.2) is 8.42 Å². The minimum absolute atomic E-state index is 0.0745. The summed E-state index contributed by atoms with van der Waals surface area (Å²) in [5.41, 5.74) is -0.586. The van der Waals surface area contributed by atoms with Crippen LogP contribution in [0.3, 0.4) is 0 Å². The maximum absolute atomic E-state index is 11.3. The molecule has 0 saturated heterocycles. The third-order valence-electron chi connectivity index (χ3n) is 1.79. The van der Waals surface area contributed by atoms with Gasteiger partial charge in [-0.2, -0.15) is 0 Å². The second kappa shape index (κ2) is 4.29. The Morgan fingerprint density at radius 3 is 2.07 bits per heavy atom. The molecule has 0 heterocycles. The van der Waals surface area contributed by atoms with E-state index in [9.17, 15) is 13.2 Å². The molecule has 0 spiro atoms. The van der Waals surface area contributed by atoms with E-state index >= 15 is 0 Å². The van der Waals surface area contributed by atoms with Crippen molar-refractivity contribution in [3.05, 3.63) is 0 Å². The highest BCUT2D eigenvalue weighted by molar-refractivity contribution is 7.91. The van der Waals surface area contributed by atoms with Crippen molar-refractivity contribution in [3.8, 4) is 0 Å². The fourth-order valence-electron chi connectivity index (χ4n) is 0.533. The Morgan fingerprint density at radius 2 is 1.79 bits per heavy atom. The van der Waals surface area contributed by atoms with Gasteiger partial charge in [0.2, 0.25) is 0 Å². The van der Waals surface area contributed by atoms with E-state index < -0.39 is 20.5 Å². The molecule has 0 bridgehead atoms. The topological polar surface area (TPSA) is 60.4 Å². The zero-order chi connectivity index (χ0) is 11.6. The van der Waals surface area contributed by atoms with Gasteiger partial charge in [0.15, 0.2) is 9.84 Å². The number of esters is 1. The first-order chi connectivity index (χ1) is 6.05. The molecule has 0 saturated carbocycles. The minimum atomic E-state index is -3.12. The van der Waals surface area contributed by atoms with Crippen LogP contribution in [0.25, 0.3) is 0 Å². The summed E-state index contributed by atoms with van der Waals surface area (Å²) in [6, 6.07) is 0. The number of rotatable bonds is 3. The Hall–Kier alpha value is -0.580. The number of sulfone groups is 1. The van der Waals surface area contributed by atoms with Crippen molar-refractivity contribution in [1.82, 2.24) is 0 Å². The van der Waals surface area contributed by atoms with Crippen LogP contribution in [0.15, 0.2) is 0 Å². The molecular weight excluding hydrogens is 204 g/mol. The second-order valence-corrected chi connectivity index (χ2v) is 6.95. The summed E-state index contributed by atoms with van der Waals surface area (Å²) in [6.07, 6.45) is 1.13. The molecule has 0 aliphatic heterocycles. The van der Waals surface area contributed by atoms with E-state index in [1.807, 2.05) is 0 Å². The Bertz CT molecular complexity index is 297. The molecule has 0 aliphatic carbocycles. The fourth-order valence-corrected chi connectivity index (χ4v) is 0.848. The summed E-state index contributed by atoms with van der Waals surface area (Å²) in [5.74, 6) is -0.381. The maximum atomic E-state index is 11.3. The van der Waals surface area contributed by atoms with Crippen molar-refractivity contribution in [2.75, 3.05) is 12.9 Å². The molecule has 0 aromatic heterocycles. The van der Waals surface area contributed by atoms with E-state index in [1.54, 1.807) is 20.8 Å². The lowest BCUT2D eigenvalue weighted by atomic mass is 9.97. The van der Waals surface area contributed by atoms with Crippen molar-refractivity contribution in [1.29, 1.82) is 0 Å². The summed E-state index contributed by atoms with van der Waals surface area (Å²) < 4.78 is 26.9. The first-order valence-electron chi connectivity index (χ1n) is 4.41. The van der Waals surface area contributed by atoms with Crippen LogP contribution in [0.2, 0.25) is 0 Å². The lowest BCUT2D eigenvalue weighted by molar-refractivity contribution is -0.152. The van der Waals surface area contributed by atoms with Gasteiger partial charge in [-0.05, 0) is 27.7 Å². The van der Waals surface area contributed by atoms with Gasteiger partial charge in [0.05, 0.1) is 10.7 Å².